The van der Waals surface area contributed by atoms with E-state index >= 15 is 0 Å². The largest absolute Gasteiger partial charge is 0.417 e. The van der Waals surface area contributed by atoms with E-state index in [0.717, 1.165) is 51.4 Å². The van der Waals surface area contributed by atoms with E-state index in [1.165, 1.54) is 0 Å². The van der Waals surface area contributed by atoms with Crippen molar-refractivity contribution in [2.24, 2.45) is 0 Å². The summed E-state index contributed by atoms with van der Waals surface area (Å²) < 4.78 is 37.8. The van der Waals surface area contributed by atoms with Crippen LogP contribution in [0.3, 0.4) is 0 Å². The molecule has 0 amide bonds. The van der Waals surface area contributed by atoms with E-state index in [0.29, 0.717) is 5.82 Å². The molecular formula is C13H17ClF3N3. The zero-order valence-electron chi connectivity index (χ0n) is 11.3. The second-order valence-electron chi connectivity index (χ2n) is 4.80. The Morgan fingerprint density at radius 2 is 2.00 bits per heavy atom. The predicted octanol–water partition coefficient (Wildman–Crippen LogP) is 3.29. The number of hydrogen-bond donors (Lipinski definition) is 0. The lowest BCUT2D eigenvalue weighted by Gasteiger charge is -2.23. The summed E-state index contributed by atoms with van der Waals surface area (Å²) >= 11 is 5.97. The summed E-state index contributed by atoms with van der Waals surface area (Å²) in [6, 6.07) is 0.951. The van der Waals surface area contributed by atoms with Crippen molar-refractivity contribution in [3.8, 4) is 0 Å². The van der Waals surface area contributed by atoms with Crippen molar-refractivity contribution in [1.82, 2.24) is 9.88 Å². The minimum Gasteiger partial charge on any atom is -0.354 e. The van der Waals surface area contributed by atoms with Gasteiger partial charge in [-0.05, 0) is 25.6 Å². The second kappa shape index (κ2) is 6.18. The van der Waals surface area contributed by atoms with Gasteiger partial charge in [0.05, 0.1) is 10.6 Å². The quantitative estimate of drug-likeness (QED) is 0.836. The first kappa shape index (κ1) is 15.4. The molecule has 0 unspecified atom stereocenters. The molecule has 0 atom stereocenters. The molecule has 2 rings (SSSR count). The van der Waals surface area contributed by atoms with Gasteiger partial charge in [0.1, 0.15) is 5.82 Å². The molecule has 1 saturated heterocycles. The molecule has 1 aliphatic heterocycles. The second-order valence-corrected chi connectivity index (χ2v) is 5.21. The van der Waals surface area contributed by atoms with Crippen LogP contribution in [0.5, 0.6) is 0 Å². The fraction of sp³-hybridized carbons (Fsp3) is 0.615. The molecular weight excluding hydrogens is 291 g/mol. The van der Waals surface area contributed by atoms with Gasteiger partial charge in [0, 0.05) is 25.8 Å². The molecule has 3 nitrogen and oxygen atoms in total. The molecule has 7 heteroatoms. The van der Waals surface area contributed by atoms with Gasteiger partial charge in [-0.15, -0.1) is 0 Å². The lowest BCUT2D eigenvalue weighted by atomic mass is 10.2. The van der Waals surface area contributed by atoms with Crippen LogP contribution in [0.4, 0.5) is 19.0 Å². The number of nitrogens with zero attached hydrogens (tertiary/aromatic N) is 3. The average molecular weight is 308 g/mol. The van der Waals surface area contributed by atoms with E-state index in [9.17, 15) is 13.2 Å². The van der Waals surface area contributed by atoms with Crippen molar-refractivity contribution in [3.05, 3.63) is 22.8 Å². The Hall–Kier alpha value is -1.01. The molecule has 1 aromatic heterocycles. The maximum atomic E-state index is 12.6. The first-order valence-electron chi connectivity index (χ1n) is 6.62. The molecule has 0 aliphatic carbocycles. The third kappa shape index (κ3) is 3.55. The Labute approximate surface area is 121 Å². The van der Waals surface area contributed by atoms with Crippen LogP contribution in [0.2, 0.25) is 5.02 Å². The van der Waals surface area contributed by atoms with Crippen LogP contribution >= 0.6 is 11.6 Å². The number of alkyl halides is 3. The zero-order valence-corrected chi connectivity index (χ0v) is 12.0. The summed E-state index contributed by atoms with van der Waals surface area (Å²) in [6.07, 6.45) is -2.61. The van der Waals surface area contributed by atoms with Gasteiger partial charge in [-0.25, -0.2) is 4.98 Å². The minimum absolute atomic E-state index is 0.0600. The molecule has 0 N–H and O–H groups in total. The van der Waals surface area contributed by atoms with Crippen molar-refractivity contribution < 1.29 is 13.2 Å². The first-order valence-corrected chi connectivity index (χ1v) is 6.99. The summed E-state index contributed by atoms with van der Waals surface area (Å²) in [6.45, 7) is 6.42. The van der Waals surface area contributed by atoms with Crippen LogP contribution < -0.4 is 4.90 Å². The molecule has 0 saturated carbocycles. The van der Waals surface area contributed by atoms with Gasteiger partial charge in [0.2, 0.25) is 0 Å². The number of aromatic nitrogens is 1. The SMILES string of the molecule is CCN1CCCN(c2ncc(C(F)(F)F)cc2Cl)CC1. The summed E-state index contributed by atoms with van der Waals surface area (Å²) in [7, 11) is 0. The number of rotatable bonds is 2. The Kier molecular flexibility index (Phi) is 4.75. The lowest BCUT2D eigenvalue weighted by Crippen LogP contribution is -2.31. The highest BCUT2D eigenvalue weighted by molar-refractivity contribution is 6.33. The number of anilines is 1. The van der Waals surface area contributed by atoms with Gasteiger partial charge in [-0.1, -0.05) is 18.5 Å². The van der Waals surface area contributed by atoms with E-state index in [1.54, 1.807) is 0 Å². The van der Waals surface area contributed by atoms with Crippen LogP contribution in [0.15, 0.2) is 12.3 Å². The normalized spacial score (nSPS) is 18.1. The maximum Gasteiger partial charge on any atom is 0.417 e. The summed E-state index contributed by atoms with van der Waals surface area (Å²) in [5.41, 5.74) is -0.809. The minimum atomic E-state index is -4.41. The van der Waals surface area contributed by atoms with Gasteiger partial charge in [0.15, 0.2) is 0 Å². The lowest BCUT2D eigenvalue weighted by molar-refractivity contribution is -0.137. The Morgan fingerprint density at radius 1 is 1.25 bits per heavy atom. The highest BCUT2D eigenvalue weighted by Crippen LogP contribution is 2.33. The highest BCUT2D eigenvalue weighted by atomic mass is 35.5. The fourth-order valence-corrected chi connectivity index (χ4v) is 2.60. The van der Waals surface area contributed by atoms with Crippen molar-refractivity contribution >= 4 is 17.4 Å². The highest BCUT2D eigenvalue weighted by Gasteiger charge is 2.32. The maximum absolute atomic E-state index is 12.6. The molecule has 1 aliphatic rings. The van der Waals surface area contributed by atoms with Crippen LogP contribution in [0.25, 0.3) is 0 Å². The van der Waals surface area contributed by atoms with E-state index in [2.05, 4.69) is 16.8 Å². The smallest absolute Gasteiger partial charge is 0.354 e. The summed E-state index contributed by atoms with van der Waals surface area (Å²) in [5, 5.41) is 0.0600. The number of likely N-dealkylation sites (N-methyl/N-ethyl adjacent to an activating group) is 1. The van der Waals surface area contributed by atoms with E-state index < -0.39 is 11.7 Å². The van der Waals surface area contributed by atoms with Crippen LogP contribution in [0, 0.1) is 0 Å². The van der Waals surface area contributed by atoms with E-state index in [4.69, 9.17) is 11.6 Å². The predicted molar refractivity (Wildman–Crippen MR) is 73.2 cm³/mol. The molecule has 0 aromatic carbocycles. The molecule has 20 heavy (non-hydrogen) atoms. The van der Waals surface area contributed by atoms with Crippen molar-refractivity contribution in [2.45, 2.75) is 19.5 Å². The Bertz CT molecular complexity index is 465. The van der Waals surface area contributed by atoms with Gasteiger partial charge in [-0.3, -0.25) is 0 Å². The van der Waals surface area contributed by atoms with Gasteiger partial charge >= 0.3 is 6.18 Å². The molecule has 0 bridgehead atoms. The molecule has 1 aromatic rings. The molecule has 0 spiro atoms. The van der Waals surface area contributed by atoms with Crippen LogP contribution in [0.1, 0.15) is 18.9 Å². The molecule has 0 radical (unpaired) electrons. The Balaban J connectivity index is 2.17. The third-order valence-electron chi connectivity index (χ3n) is 3.48. The van der Waals surface area contributed by atoms with Crippen LogP contribution in [-0.2, 0) is 6.18 Å². The van der Waals surface area contributed by atoms with Crippen molar-refractivity contribution in [3.63, 3.8) is 0 Å². The van der Waals surface area contributed by atoms with Gasteiger partial charge < -0.3 is 9.80 Å². The van der Waals surface area contributed by atoms with Gasteiger partial charge in [0.25, 0.3) is 0 Å². The monoisotopic (exact) mass is 307 g/mol. The molecule has 112 valence electrons. The third-order valence-corrected chi connectivity index (χ3v) is 3.76. The topological polar surface area (TPSA) is 19.4 Å². The zero-order chi connectivity index (χ0) is 14.8. The standard InChI is InChI=1S/C13H17ClF3N3/c1-2-19-4-3-5-20(7-6-19)12-11(14)8-10(9-18-12)13(15,16)17/h8-9H,2-7H2,1H3. The van der Waals surface area contributed by atoms with E-state index in [1.807, 2.05) is 4.90 Å². The number of hydrogen-bond acceptors (Lipinski definition) is 3. The number of pyridine rings is 1. The average Bonchev–Trinajstić information content (AvgIpc) is 2.62. The number of halogens is 4. The first-order chi connectivity index (χ1) is 9.41. The summed E-state index contributed by atoms with van der Waals surface area (Å²) in [4.78, 5) is 8.18. The van der Waals surface area contributed by atoms with E-state index in [-0.39, 0.29) is 5.02 Å². The van der Waals surface area contributed by atoms with Crippen molar-refractivity contribution in [2.75, 3.05) is 37.6 Å². The Morgan fingerprint density at radius 3 is 2.60 bits per heavy atom. The van der Waals surface area contributed by atoms with Crippen LogP contribution in [-0.4, -0.2) is 42.6 Å². The molecule has 2 heterocycles. The van der Waals surface area contributed by atoms with Gasteiger partial charge in [-0.2, -0.15) is 13.2 Å². The molecule has 1 fully saturated rings. The van der Waals surface area contributed by atoms with Crippen molar-refractivity contribution in [1.29, 1.82) is 0 Å². The summed E-state index contributed by atoms with van der Waals surface area (Å²) in [5.74, 6) is 0.442. The fourth-order valence-electron chi connectivity index (χ4n) is 2.32.